The first kappa shape index (κ1) is 14.8. The number of hydrogen-bond acceptors (Lipinski definition) is 5. The van der Waals surface area contributed by atoms with Gasteiger partial charge < -0.3 is 16.2 Å². The molecule has 0 aliphatic heterocycles. The molecule has 0 amide bonds. The van der Waals surface area contributed by atoms with Crippen LogP contribution in [0.4, 0.5) is 11.8 Å². The van der Waals surface area contributed by atoms with E-state index in [1.807, 2.05) is 6.07 Å². The Morgan fingerprint density at radius 1 is 1.23 bits per heavy atom. The molecule has 2 aromatic rings. The summed E-state index contributed by atoms with van der Waals surface area (Å²) in [6.07, 6.45) is 4.79. The maximum atomic E-state index is 9.76. The molecule has 1 aromatic carbocycles. The fourth-order valence-corrected chi connectivity index (χ4v) is 3.34. The highest BCUT2D eigenvalue weighted by atomic mass is 16.3. The summed E-state index contributed by atoms with van der Waals surface area (Å²) in [6, 6.07) is 12.3. The Bertz CT molecular complexity index is 611. The summed E-state index contributed by atoms with van der Waals surface area (Å²) in [5.41, 5.74) is 6.90. The molecular weight excluding hydrogens is 276 g/mol. The highest BCUT2D eigenvalue weighted by Crippen LogP contribution is 2.46. The van der Waals surface area contributed by atoms with Crippen LogP contribution in [0.3, 0.4) is 0 Å². The van der Waals surface area contributed by atoms with Crippen LogP contribution in [0.2, 0.25) is 0 Å². The van der Waals surface area contributed by atoms with E-state index >= 15 is 0 Å². The maximum absolute atomic E-state index is 9.76. The lowest BCUT2D eigenvalue weighted by Crippen LogP contribution is -2.46. The summed E-state index contributed by atoms with van der Waals surface area (Å²) in [5.74, 6) is 1.62. The number of benzene rings is 1. The second-order valence-corrected chi connectivity index (χ2v) is 6.28. The number of anilines is 2. The van der Waals surface area contributed by atoms with Crippen molar-refractivity contribution in [3.63, 3.8) is 0 Å². The lowest BCUT2D eigenvalue weighted by Gasteiger charge is -2.47. The van der Waals surface area contributed by atoms with Gasteiger partial charge in [-0.1, -0.05) is 30.3 Å². The number of nitrogens with one attached hydrogen (secondary N) is 1. The van der Waals surface area contributed by atoms with E-state index in [4.69, 9.17) is 5.73 Å². The van der Waals surface area contributed by atoms with Crippen LogP contribution < -0.4 is 11.1 Å². The Labute approximate surface area is 130 Å². The van der Waals surface area contributed by atoms with Gasteiger partial charge in [0.1, 0.15) is 5.82 Å². The smallest absolute Gasteiger partial charge is 0.221 e. The van der Waals surface area contributed by atoms with Crippen LogP contribution >= 0.6 is 0 Å². The maximum Gasteiger partial charge on any atom is 0.221 e. The zero-order valence-electron chi connectivity index (χ0n) is 12.6. The van der Waals surface area contributed by atoms with Gasteiger partial charge >= 0.3 is 0 Å². The number of hydrogen-bond donors (Lipinski definition) is 3. The van der Waals surface area contributed by atoms with Crippen LogP contribution in [0, 0.1) is 11.3 Å². The van der Waals surface area contributed by atoms with Gasteiger partial charge in [0, 0.05) is 18.2 Å². The van der Waals surface area contributed by atoms with E-state index in [1.165, 1.54) is 5.56 Å². The van der Waals surface area contributed by atoms with Crippen molar-refractivity contribution in [2.45, 2.75) is 19.3 Å². The van der Waals surface area contributed by atoms with E-state index in [0.717, 1.165) is 19.3 Å². The van der Waals surface area contributed by atoms with Gasteiger partial charge in [0.2, 0.25) is 5.95 Å². The number of rotatable bonds is 6. The normalized spacial score (nSPS) is 23.8. The van der Waals surface area contributed by atoms with E-state index in [0.29, 0.717) is 18.3 Å². The van der Waals surface area contributed by atoms with Gasteiger partial charge in [0.15, 0.2) is 0 Å². The molecule has 0 unspecified atom stereocenters. The highest BCUT2D eigenvalue weighted by Gasteiger charge is 2.43. The Hall–Kier alpha value is -2.14. The third-order valence-electron chi connectivity index (χ3n) is 4.46. The van der Waals surface area contributed by atoms with E-state index in [1.54, 1.807) is 12.3 Å². The first-order valence-corrected chi connectivity index (χ1v) is 7.66. The average molecular weight is 298 g/mol. The number of nitrogens with zero attached hydrogens (tertiary/aromatic N) is 2. The van der Waals surface area contributed by atoms with Crippen molar-refractivity contribution in [1.29, 1.82) is 0 Å². The van der Waals surface area contributed by atoms with Crippen molar-refractivity contribution in [2.24, 2.45) is 11.3 Å². The summed E-state index contributed by atoms with van der Waals surface area (Å²) >= 11 is 0. The van der Waals surface area contributed by atoms with Gasteiger partial charge in [-0.15, -0.1) is 0 Å². The van der Waals surface area contributed by atoms with Crippen molar-refractivity contribution in [1.82, 2.24) is 9.97 Å². The minimum Gasteiger partial charge on any atom is -0.396 e. The van der Waals surface area contributed by atoms with Crippen LogP contribution in [0.5, 0.6) is 0 Å². The first-order valence-electron chi connectivity index (χ1n) is 7.66. The van der Waals surface area contributed by atoms with Gasteiger partial charge in [-0.2, -0.15) is 4.98 Å². The van der Waals surface area contributed by atoms with Gasteiger partial charge in [-0.3, -0.25) is 0 Å². The van der Waals surface area contributed by atoms with E-state index in [-0.39, 0.29) is 18.0 Å². The predicted molar refractivity (Wildman–Crippen MR) is 87.3 cm³/mol. The molecule has 5 nitrogen and oxygen atoms in total. The molecule has 4 N–H and O–H groups in total. The quantitative estimate of drug-likeness (QED) is 0.760. The Morgan fingerprint density at radius 2 is 2.00 bits per heavy atom. The number of aliphatic hydroxyl groups is 1. The van der Waals surface area contributed by atoms with E-state index < -0.39 is 0 Å². The zero-order chi connectivity index (χ0) is 15.4. The second-order valence-electron chi connectivity index (χ2n) is 6.28. The Kier molecular flexibility index (Phi) is 4.24. The summed E-state index contributed by atoms with van der Waals surface area (Å²) in [6.45, 7) is 0.914. The van der Waals surface area contributed by atoms with Gasteiger partial charge in [0.25, 0.3) is 0 Å². The number of nitrogen functional groups attached to an aromatic ring is 1. The molecule has 0 bridgehead atoms. The molecule has 0 radical (unpaired) electrons. The molecule has 1 aliphatic carbocycles. The average Bonchev–Trinajstić information content (AvgIpc) is 2.50. The largest absolute Gasteiger partial charge is 0.396 e. The predicted octanol–water partition coefficient (Wildman–Crippen LogP) is 2.10. The monoisotopic (exact) mass is 298 g/mol. The molecule has 1 heterocycles. The SMILES string of the molecule is Nc1nccc(NCC2(CO)CC(Cc3ccccc3)C2)n1. The summed E-state index contributed by atoms with van der Waals surface area (Å²) in [5, 5.41) is 13.0. The van der Waals surface area contributed by atoms with Gasteiger partial charge in [-0.05, 0) is 36.8 Å². The third kappa shape index (κ3) is 3.36. The van der Waals surface area contributed by atoms with Crippen LogP contribution in [0.1, 0.15) is 18.4 Å². The topological polar surface area (TPSA) is 84.1 Å². The van der Waals surface area contributed by atoms with Crippen LogP contribution in [-0.4, -0.2) is 28.2 Å². The fraction of sp³-hybridized carbons (Fsp3) is 0.412. The molecule has 0 spiro atoms. The molecule has 1 aliphatic rings. The molecular formula is C17H22N4O. The molecule has 1 saturated carbocycles. The van der Waals surface area contributed by atoms with Crippen molar-refractivity contribution in [2.75, 3.05) is 24.2 Å². The van der Waals surface area contributed by atoms with Gasteiger partial charge in [-0.25, -0.2) is 4.98 Å². The summed E-state index contributed by atoms with van der Waals surface area (Å²) in [7, 11) is 0. The first-order chi connectivity index (χ1) is 10.7. The number of aromatic nitrogens is 2. The molecule has 22 heavy (non-hydrogen) atoms. The zero-order valence-corrected chi connectivity index (χ0v) is 12.6. The molecule has 0 saturated heterocycles. The number of nitrogens with two attached hydrogens (primary N) is 1. The Balaban J connectivity index is 1.52. The van der Waals surface area contributed by atoms with E-state index in [2.05, 4.69) is 39.6 Å². The van der Waals surface area contributed by atoms with E-state index in [9.17, 15) is 5.11 Å². The molecule has 3 rings (SSSR count). The second kappa shape index (κ2) is 6.32. The molecule has 0 atom stereocenters. The summed E-state index contributed by atoms with van der Waals surface area (Å²) < 4.78 is 0. The van der Waals surface area contributed by atoms with Crippen molar-refractivity contribution in [3.8, 4) is 0 Å². The van der Waals surface area contributed by atoms with Crippen molar-refractivity contribution in [3.05, 3.63) is 48.2 Å². The lowest BCUT2D eigenvalue weighted by atomic mass is 9.60. The minimum atomic E-state index is -0.0425. The van der Waals surface area contributed by atoms with Gasteiger partial charge in [0.05, 0.1) is 6.61 Å². The fourth-order valence-electron chi connectivity index (χ4n) is 3.34. The highest BCUT2D eigenvalue weighted by molar-refractivity contribution is 5.37. The van der Waals surface area contributed by atoms with Crippen molar-refractivity contribution >= 4 is 11.8 Å². The molecule has 1 fully saturated rings. The van der Waals surface area contributed by atoms with Crippen LogP contribution in [0.25, 0.3) is 0 Å². The van der Waals surface area contributed by atoms with Crippen molar-refractivity contribution < 1.29 is 5.11 Å². The Morgan fingerprint density at radius 3 is 2.68 bits per heavy atom. The number of aliphatic hydroxyl groups excluding tert-OH is 1. The standard InChI is InChI=1S/C17H22N4O/c18-16-19-7-6-15(21-16)20-11-17(12-22)9-14(10-17)8-13-4-2-1-3-5-13/h1-7,14,22H,8-12H2,(H3,18,19,20,21). The lowest BCUT2D eigenvalue weighted by molar-refractivity contribution is 0.00657. The molecule has 5 heteroatoms. The van der Waals surface area contributed by atoms with Crippen LogP contribution in [-0.2, 0) is 6.42 Å². The minimum absolute atomic E-state index is 0.0425. The molecule has 116 valence electrons. The summed E-state index contributed by atoms with van der Waals surface area (Å²) in [4.78, 5) is 8.00. The van der Waals surface area contributed by atoms with Crippen LogP contribution in [0.15, 0.2) is 42.6 Å². The molecule has 1 aromatic heterocycles. The third-order valence-corrected chi connectivity index (χ3v) is 4.46.